The second-order valence-electron chi connectivity index (χ2n) is 8.15. The summed E-state index contributed by atoms with van der Waals surface area (Å²) in [6.45, 7) is 9.38. The molecule has 0 aliphatic carbocycles. The molecule has 1 aliphatic heterocycles. The van der Waals surface area contributed by atoms with Gasteiger partial charge in [-0.2, -0.15) is 5.48 Å². The minimum absolute atomic E-state index is 0.0463. The first kappa shape index (κ1) is 22.8. The number of β-amino-alcohol motifs (C(OH)–C–C–N with tert-alkyl or cyclic N) is 1. The number of nitrogens with one attached hydrogen (secondary N) is 1. The van der Waals surface area contributed by atoms with E-state index in [9.17, 15) is 14.7 Å². The van der Waals surface area contributed by atoms with E-state index in [-0.39, 0.29) is 17.4 Å². The number of benzene rings is 1. The molecule has 1 aromatic carbocycles. The van der Waals surface area contributed by atoms with Crippen LogP contribution in [0.4, 0.5) is 0 Å². The average Bonchev–Trinajstić information content (AvgIpc) is 3.28. The Morgan fingerprint density at radius 2 is 2.07 bits per heavy atom. The summed E-state index contributed by atoms with van der Waals surface area (Å²) in [6, 6.07) is 7.46. The van der Waals surface area contributed by atoms with Gasteiger partial charge in [0.2, 0.25) is 12.3 Å². The molecule has 158 valence electrons. The van der Waals surface area contributed by atoms with Crippen molar-refractivity contribution in [3.63, 3.8) is 0 Å². The molecule has 7 nitrogen and oxygen atoms in total. The Balaban J connectivity index is 0.000000212. The zero-order chi connectivity index (χ0) is 21.4. The van der Waals surface area contributed by atoms with Gasteiger partial charge in [-0.25, -0.2) is 4.98 Å². The predicted octanol–water partition coefficient (Wildman–Crippen LogP) is 3.17. The molecule has 0 saturated carbocycles. The summed E-state index contributed by atoms with van der Waals surface area (Å²) in [5.41, 5.74) is 6.12. The van der Waals surface area contributed by atoms with E-state index < -0.39 is 0 Å². The van der Waals surface area contributed by atoms with Crippen LogP contribution in [0.15, 0.2) is 29.8 Å². The van der Waals surface area contributed by atoms with Crippen LogP contribution in [0, 0.1) is 12.3 Å². The van der Waals surface area contributed by atoms with Crippen molar-refractivity contribution in [3.8, 4) is 16.2 Å². The van der Waals surface area contributed by atoms with Gasteiger partial charge in [0.15, 0.2) is 5.75 Å². The number of rotatable bonds is 5. The van der Waals surface area contributed by atoms with Gasteiger partial charge in [-0.3, -0.25) is 9.59 Å². The molecular weight excluding hydrogens is 390 g/mol. The number of carbonyl (C=O) groups excluding carboxylic acids is 2. The lowest BCUT2D eigenvalue weighted by Crippen LogP contribution is -2.32. The largest absolute Gasteiger partial charge is 0.391 e. The molecule has 0 radical (unpaired) electrons. The van der Waals surface area contributed by atoms with E-state index in [4.69, 9.17) is 4.84 Å². The first-order valence-corrected chi connectivity index (χ1v) is 10.4. The van der Waals surface area contributed by atoms with Crippen LogP contribution in [0.5, 0.6) is 5.75 Å². The topological polar surface area (TPSA) is 91.8 Å². The van der Waals surface area contributed by atoms with Gasteiger partial charge in [-0.05, 0) is 48.6 Å². The Morgan fingerprint density at radius 1 is 1.38 bits per heavy atom. The lowest BCUT2D eigenvalue weighted by atomic mass is 9.92. The summed E-state index contributed by atoms with van der Waals surface area (Å²) in [5.74, 6) is 0.766. The van der Waals surface area contributed by atoms with Crippen LogP contribution < -0.4 is 10.3 Å². The number of hydrogen-bond acceptors (Lipinski definition) is 6. The van der Waals surface area contributed by atoms with Crippen LogP contribution in [-0.4, -0.2) is 46.5 Å². The van der Waals surface area contributed by atoms with Gasteiger partial charge in [-0.15, -0.1) is 11.3 Å². The summed E-state index contributed by atoms with van der Waals surface area (Å²) < 4.78 is 0. The molecule has 0 bridgehead atoms. The number of aliphatic hydroxyl groups excluding tert-OH is 1. The van der Waals surface area contributed by atoms with Crippen molar-refractivity contribution in [1.29, 1.82) is 0 Å². The summed E-state index contributed by atoms with van der Waals surface area (Å²) in [6.07, 6.45) is 1.49. The van der Waals surface area contributed by atoms with E-state index in [0.717, 1.165) is 29.1 Å². The molecule has 0 spiro atoms. The van der Waals surface area contributed by atoms with Gasteiger partial charge in [0.05, 0.1) is 22.2 Å². The van der Waals surface area contributed by atoms with E-state index in [1.807, 2.05) is 24.6 Å². The third-order valence-corrected chi connectivity index (χ3v) is 5.26. The minimum Gasteiger partial charge on any atom is -0.391 e. The Hall–Kier alpha value is -2.45. The van der Waals surface area contributed by atoms with Crippen molar-refractivity contribution in [2.24, 2.45) is 5.41 Å². The number of aromatic nitrogens is 1. The van der Waals surface area contributed by atoms with Gasteiger partial charge in [-0.1, -0.05) is 20.8 Å². The fourth-order valence-corrected chi connectivity index (χ4v) is 3.69. The summed E-state index contributed by atoms with van der Waals surface area (Å²) in [4.78, 5) is 33.7. The third-order valence-electron chi connectivity index (χ3n) is 4.28. The monoisotopic (exact) mass is 419 g/mol. The fourth-order valence-electron chi connectivity index (χ4n) is 2.88. The average molecular weight is 420 g/mol. The summed E-state index contributed by atoms with van der Waals surface area (Å²) >= 11 is 1.60. The highest BCUT2D eigenvalue weighted by Gasteiger charge is 2.27. The first-order chi connectivity index (χ1) is 13.7. The molecule has 2 heterocycles. The molecule has 2 amide bonds. The maximum Gasteiger partial charge on any atom is 0.239 e. The van der Waals surface area contributed by atoms with Crippen molar-refractivity contribution >= 4 is 23.7 Å². The van der Waals surface area contributed by atoms with Crippen molar-refractivity contribution in [2.75, 3.05) is 13.1 Å². The Bertz CT molecular complexity index is 799. The Kier molecular flexibility index (Phi) is 8.16. The highest BCUT2D eigenvalue weighted by Crippen LogP contribution is 2.28. The molecule has 8 heteroatoms. The second-order valence-corrected chi connectivity index (χ2v) is 9.00. The number of aliphatic hydroxyl groups is 1. The second kappa shape index (κ2) is 10.4. The third kappa shape index (κ3) is 7.47. The van der Waals surface area contributed by atoms with Gasteiger partial charge in [0.1, 0.15) is 0 Å². The molecular formula is C21H29N3O4S. The number of likely N-dealkylation sites (tertiary alicyclic amines) is 1. The van der Waals surface area contributed by atoms with Gasteiger partial charge in [0.25, 0.3) is 0 Å². The minimum atomic E-state index is -0.302. The SMILES string of the molecule is CC(C)(C)CC(=O)N1CCC(O)C1.Cc1ncsc1-c1ccc(ONC=O)cc1. The molecule has 2 aromatic rings. The lowest BCUT2D eigenvalue weighted by Gasteiger charge is -2.22. The number of hydrogen-bond donors (Lipinski definition) is 2. The van der Waals surface area contributed by atoms with Crippen LogP contribution in [0.3, 0.4) is 0 Å². The maximum absolute atomic E-state index is 11.6. The smallest absolute Gasteiger partial charge is 0.239 e. The van der Waals surface area contributed by atoms with Crippen molar-refractivity contribution in [1.82, 2.24) is 15.4 Å². The number of amides is 2. The van der Waals surface area contributed by atoms with Crippen LogP contribution in [0.2, 0.25) is 0 Å². The number of aryl methyl sites for hydroxylation is 1. The standard InChI is InChI=1S/C11H10N2O2S.C10H19NO2/c1-8-11(16-7-12-8)9-2-4-10(5-3-9)15-13-6-14;1-10(2,3)6-9(13)11-5-4-8(12)7-11/h2-7H,1H3,(H,13,14);8,12H,4-7H2,1-3H3. The Morgan fingerprint density at radius 3 is 2.55 bits per heavy atom. The number of carbonyl (C=O) groups is 2. The van der Waals surface area contributed by atoms with Crippen LogP contribution >= 0.6 is 11.3 Å². The molecule has 1 atom stereocenters. The normalized spacial score (nSPS) is 16.0. The molecule has 29 heavy (non-hydrogen) atoms. The molecule has 1 fully saturated rings. The fraction of sp³-hybridized carbons (Fsp3) is 0.476. The molecule has 1 saturated heterocycles. The highest BCUT2D eigenvalue weighted by atomic mass is 32.1. The quantitative estimate of drug-likeness (QED) is 0.574. The van der Waals surface area contributed by atoms with Crippen molar-refractivity contribution in [2.45, 2.75) is 46.6 Å². The van der Waals surface area contributed by atoms with Crippen LogP contribution in [-0.2, 0) is 9.59 Å². The van der Waals surface area contributed by atoms with Gasteiger partial charge in [0, 0.05) is 19.5 Å². The molecule has 1 aliphatic rings. The molecule has 1 aromatic heterocycles. The highest BCUT2D eigenvalue weighted by molar-refractivity contribution is 7.13. The van der Waals surface area contributed by atoms with Gasteiger partial charge < -0.3 is 14.8 Å². The maximum atomic E-state index is 11.6. The number of nitrogens with zero attached hydrogens (tertiary/aromatic N) is 2. The number of hydroxylamine groups is 1. The summed E-state index contributed by atoms with van der Waals surface area (Å²) in [7, 11) is 0. The molecule has 2 N–H and O–H groups in total. The first-order valence-electron chi connectivity index (χ1n) is 9.52. The van der Waals surface area contributed by atoms with E-state index in [1.54, 1.807) is 28.4 Å². The van der Waals surface area contributed by atoms with E-state index in [1.165, 1.54) is 0 Å². The predicted molar refractivity (Wildman–Crippen MR) is 113 cm³/mol. The molecule has 1 unspecified atom stereocenters. The Labute approximate surface area is 175 Å². The van der Waals surface area contributed by atoms with E-state index >= 15 is 0 Å². The van der Waals surface area contributed by atoms with Crippen LogP contribution in [0.25, 0.3) is 10.4 Å². The zero-order valence-corrected chi connectivity index (χ0v) is 18.2. The van der Waals surface area contributed by atoms with E-state index in [2.05, 4.69) is 31.2 Å². The zero-order valence-electron chi connectivity index (χ0n) is 17.3. The summed E-state index contributed by atoms with van der Waals surface area (Å²) in [5, 5.41) is 9.25. The van der Waals surface area contributed by atoms with Gasteiger partial charge >= 0.3 is 0 Å². The van der Waals surface area contributed by atoms with Crippen LogP contribution in [0.1, 0.15) is 39.3 Å². The number of thiazole rings is 1. The molecule has 3 rings (SSSR count). The van der Waals surface area contributed by atoms with Crippen molar-refractivity contribution in [3.05, 3.63) is 35.5 Å². The van der Waals surface area contributed by atoms with Crippen molar-refractivity contribution < 1.29 is 19.5 Å². The van der Waals surface area contributed by atoms with E-state index in [0.29, 0.717) is 25.1 Å². The lowest BCUT2D eigenvalue weighted by molar-refractivity contribution is -0.132.